The normalized spacial score (nSPS) is 19.5. The fraction of sp³-hybridized carbons (Fsp3) is 0.0345. The molecule has 2 aliphatic carbocycles. The Morgan fingerprint density at radius 1 is 0.600 bits per heavy atom. The molecule has 0 saturated heterocycles. The molecular formula is C29H17Br. The molecule has 0 aromatic heterocycles. The molecule has 1 heteroatoms. The van der Waals surface area contributed by atoms with E-state index >= 15 is 0 Å². The maximum Gasteiger partial charge on any atom is 0.0726 e. The molecule has 1 atom stereocenters. The Kier molecular flexibility index (Phi) is 2.51. The minimum Gasteiger partial charge on any atom is -0.0619 e. The number of benzene rings is 5. The predicted octanol–water partition coefficient (Wildman–Crippen LogP) is 7.95. The maximum atomic E-state index is 9.12. The van der Waals surface area contributed by atoms with Gasteiger partial charge in [-0.1, -0.05) is 107 Å². The van der Waals surface area contributed by atoms with E-state index in [2.05, 4.69) is 70.5 Å². The third-order valence-electron chi connectivity index (χ3n) is 6.65. The highest BCUT2D eigenvalue weighted by molar-refractivity contribution is 9.10. The lowest BCUT2D eigenvalue weighted by atomic mass is 9.61. The van der Waals surface area contributed by atoms with Crippen LogP contribution in [0, 0.1) is 0 Å². The molecule has 5 aromatic rings. The molecule has 5 aromatic carbocycles. The molecular weight excluding hydrogens is 428 g/mol. The number of rotatable bonds is 0. The van der Waals surface area contributed by atoms with Gasteiger partial charge in [-0.15, -0.1) is 0 Å². The van der Waals surface area contributed by atoms with Gasteiger partial charge in [0.2, 0.25) is 0 Å². The van der Waals surface area contributed by atoms with E-state index in [4.69, 9.17) is 5.48 Å². The van der Waals surface area contributed by atoms with E-state index in [-0.39, 0.29) is 24.2 Å². The van der Waals surface area contributed by atoms with Gasteiger partial charge in [0.25, 0.3) is 0 Å². The maximum absolute atomic E-state index is 9.12. The molecule has 0 amide bonds. The van der Waals surface area contributed by atoms with Crippen LogP contribution in [0.5, 0.6) is 0 Å². The fourth-order valence-corrected chi connectivity index (χ4v) is 5.96. The van der Waals surface area contributed by atoms with E-state index in [1.54, 1.807) is 0 Å². The van der Waals surface area contributed by atoms with Crippen LogP contribution < -0.4 is 0 Å². The van der Waals surface area contributed by atoms with Gasteiger partial charge in [0, 0.05) is 4.47 Å². The summed E-state index contributed by atoms with van der Waals surface area (Å²) in [6.07, 6.45) is 0. The lowest BCUT2D eigenvalue weighted by molar-refractivity contribution is 0.773. The Bertz CT molecular complexity index is 1720. The van der Waals surface area contributed by atoms with Crippen molar-refractivity contribution in [1.82, 2.24) is 0 Å². The summed E-state index contributed by atoms with van der Waals surface area (Å²) < 4.78 is 35.9. The van der Waals surface area contributed by atoms with Crippen molar-refractivity contribution in [3.63, 3.8) is 0 Å². The third kappa shape index (κ3) is 1.83. The number of hydrogen-bond donors (Lipinski definition) is 0. The minimum atomic E-state index is -0.852. The predicted molar refractivity (Wildman–Crippen MR) is 128 cm³/mol. The van der Waals surface area contributed by atoms with E-state index < -0.39 is 5.41 Å². The summed E-state index contributed by atoms with van der Waals surface area (Å²) in [5, 5.41) is 2.25. The molecule has 1 unspecified atom stereocenters. The monoisotopic (exact) mass is 448 g/mol. The fourth-order valence-electron chi connectivity index (χ4n) is 5.60. The first-order valence-corrected chi connectivity index (χ1v) is 10.8. The molecule has 0 bridgehead atoms. The van der Waals surface area contributed by atoms with E-state index in [0.717, 1.165) is 48.6 Å². The first-order chi connectivity index (χ1) is 16.5. The standard InChI is InChI=1S/C29H17Br/c30-19-15-16-22-23-11-5-7-18-8-6-14-26(28(18)23)29(27(22)17-19)24-12-3-1-9-20(24)21-10-2-4-13-25(21)29/h1-17H/i1D,3D,9D,12D. The van der Waals surface area contributed by atoms with Crippen LogP contribution in [0.25, 0.3) is 33.0 Å². The van der Waals surface area contributed by atoms with Crippen molar-refractivity contribution in [2.45, 2.75) is 5.41 Å². The molecule has 0 radical (unpaired) electrons. The summed E-state index contributed by atoms with van der Waals surface area (Å²) in [4.78, 5) is 0. The summed E-state index contributed by atoms with van der Waals surface area (Å²) in [5.74, 6) is 0. The van der Waals surface area contributed by atoms with E-state index in [9.17, 15) is 0 Å². The molecule has 1 spiro atoms. The molecule has 0 N–H and O–H groups in total. The van der Waals surface area contributed by atoms with E-state index in [0.29, 0.717) is 11.1 Å². The smallest absolute Gasteiger partial charge is 0.0619 e. The Hall–Kier alpha value is -3.16. The molecule has 0 aliphatic heterocycles. The second kappa shape index (κ2) is 5.71. The average molecular weight is 449 g/mol. The quantitative estimate of drug-likeness (QED) is 0.220. The summed E-state index contributed by atoms with van der Waals surface area (Å²) in [7, 11) is 0. The van der Waals surface area contributed by atoms with Gasteiger partial charge in [0.1, 0.15) is 0 Å². The zero-order valence-electron chi connectivity index (χ0n) is 19.9. The second-order valence-electron chi connectivity index (χ2n) is 7.94. The molecule has 2 aliphatic rings. The number of halogens is 1. The van der Waals surface area contributed by atoms with Gasteiger partial charge in [-0.2, -0.15) is 0 Å². The van der Waals surface area contributed by atoms with Crippen LogP contribution in [0.2, 0.25) is 0 Å². The average Bonchev–Trinajstić information content (AvgIpc) is 3.16. The molecule has 0 fully saturated rings. The van der Waals surface area contributed by atoms with Gasteiger partial charge >= 0.3 is 0 Å². The van der Waals surface area contributed by atoms with Crippen molar-refractivity contribution < 1.29 is 5.48 Å². The highest BCUT2D eigenvalue weighted by Gasteiger charge is 2.49. The minimum absolute atomic E-state index is 0.0166. The van der Waals surface area contributed by atoms with Crippen LogP contribution in [0.4, 0.5) is 0 Å². The Labute approximate surface area is 189 Å². The Morgan fingerprint density at radius 3 is 2.27 bits per heavy atom. The van der Waals surface area contributed by atoms with Crippen molar-refractivity contribution in [1.29, 1.82) is 0 Å². The van der Waals surface area contributed by atoms with Crippen molar-refractivity contribution in [2.75, 3.05) is 0 Å². The Morgan fingerprint density at radius 2 is 1.33 bits per heavy atom. The number of hydrogen-bond acceptors (Lipinski definition) is 0. The van der Waals surface area contributed by atoms with Gasteiger partial charge in [-0.05, 0) is 67.4 Å². The van der Waals surface area contributed by atoms with Crippen LogP contribution in [-0.2, 0) is 5.41 Å². The van der Waals surface area contributed by atoms with Gasteiger partial charge < -0.3 is 0 Å². The van der Waals surface area contributed by atoms with E-state index in [1.165, 1.54) is 0 Å². The van der Waals surface area contributed by atoms with Gasteiger partial charge in [-0.25, -0.2) is 0 Å². The summed E-state index contributed by atoms with van der Waals surface area (Å²) in [6, 6.07) is 26.6. The second-order valence-corrected chi connectivity index (χ2v) is 8.86. The summed E-state index contributed by atoms with van der Waals surface area (Å²) in [5.41, 5.74) is 6.58. The largest absolute Gasteiger partial charge is 0.0726 e. The van der Waals surface area contributed by atoms with Gasteiger partial charge in [0.15, 0.2) is 0 Å². The van der Waals surface area contributed by atoms with Crippen molar-refractivity contribution in [3.8, 4) is 22.3 Å². The SMILES string of the molecule is [2H]c1c([2H])c([2H])c2c(c1[2H])-c1ccccc1C21c2cc(Br)ccc2-c2cccc3cccc1c23. The third-order valence-corrected chi connectivity index (χ3v) is 7.14. The van der Waals surface area contributed by atoms with Crippen LogP contribution >= 0.6 is 15.9 Å². The molecule has 140 valence electrons. The first kappa shape index (κ1) is 13.2. The van der Waals surface area contributed by atoms with Gasteiger partial charge in [-0.3, -0.25) is 0 Å². The summed E-state index contributed by atoms with van der Waals surface area (Å²) >= 11 is 3.69. The van der Waals surface area contributed by atoms with Crippen LogP contribution in [0.1, 0.15) is 27.7 Å². The van der Waals surface area contributed by atoms with Crippen molar-refractivity contribution in [2.24, 2.45) is 0 Å². The first-order valence-electron chi connectivity index (χ1n) is 12.0. The van der Waals surface area contributed by atoms with Crippen LogP contribution in [0.15, 0.2) is 108 Å². The lowest BCUT2D eigenvalue weighted by Gasteiger charge is -2.40. The summed E-state index contributed by atoms with van der Waals surface area (Å²) in [6.45, 7) is 0. The lowest BCUT2D eigenvalue weighted by Crippen LogP contribution is -2.31. The van der Waals surface area contributed by atoms with Crippen molar-refractivity contribution in [3.05, 3.63) is 130 Å². The Balaban J connectivity index is 1.83. The molecule has 7 rings (SSSR count). The van der Waals surface area contributed by atoms with Crippen LogP contribution in [-0.4, -0.2) is 0 Å². The van der Waals surface area contributed by atoms with Crippen molar-refractivity contribution >= 4 is 26.7 Å². The van der Waals surface area contributed by atoms with Crippen LogP contribution in [0.3, 0.4) is 0 Å². The molecule has 0 heterocycles. The molecule has 0 nitrogen and oxygen atoms in total. The highest BCUT2D eigenvalue weighted by Crippen LogP contribution is 2.61. The number of fused-ring (bicyclic) bond motifs is 9. The molecule has 0 saturated carbocycles. The van der Waals surface area contributed by atoms with E-state index in [1.807, 2.05) is 24.3 Å². The molecule has 30 heavy (non-hydrogen) atoms. The van der Waals surface area contributed by atoms with Gasteiger partial charge in [0.05, 0.1) is 10.9 Å². The zero-order chi connectivity index (χ0) is 23.4. The topological polar surface area (TPSA) is 0 Å². The zero-order valence-corrected chi connectivity index (χ0v) is 17.5. The highest BCUT2D eigenvalue weighted by atomic mass is 79.9.